The van der Waals surface area contributed by atoms with Crippen LogP contribution < -0.4 is 5.32 Å². The first kappa shape index (κ1) is 12.4. The van der Waals surface area contributed by atoms with E-state index >= 15 is 0 Å². The Morgan fingerprint density at radius 2 is 2.24 bits per heavy atom. The van der Waals surface area contributed by atoms with Gasteiger partial charge in [0.15, 0.2) is 0 Å². The Morgan fingerprint density at radius 1 is 1.41 bits per heavy atom. The molecule has 0 aromatic carbocycles. The second-order valence-corrected chi connectivity index (χ2v) is 5.21. The van der Waals surface area contributed by atoms with Crippen LogP contribution in [0.1, 0.15) is 35.6 Å². The first-order chi connectivity index (χ1) is 8.16. The molecule has 0 radical (unpaired) electrons. The average Bonchev–Trinajstić information content (AvgIpc) is 2.88. The maximum absolute atomic E-state index is 5.55. The van der Waals surface area contributed by atoms with Crippen LogP contribution in [0, 0.1) is 13.8 Å². The Balaban J connectivity index is 1.85. The fourth-order valence-electron chi connectivity index (χ4n) is 2.06. The third-order valence-electron chi connectivity index (χ3n) is 2.99. The quantitative estimate of drug-likeness (QED) is 0.870. The molecule has 2 aromatic heterocycles. The normalized spacial score (nSPS) is 12.9. The van der Waals surface area contributed by atoms with E-state index < -0.39 is 0 Å². The zero-order chi connectivity index (χ0) is 12.3. The van der Waals surface area contributed by atoms with Crippen LogP contribution >= 0.6 is 11.3 Å². The van der Waals surface area contributed by atoms with Crippen molar-refractivity contribution in [2.75, 3.05) is 6.54 Å². The fourth-order valence-corrected chi connectivity index (χ4v) is 2.76. The Morgan fingerprint density at radius 3 is 2.82 bits per heavy atom. The van der Waals surface area contributed by atoms with Crippen LogP contribution in [0.2, 0.25) is 0 Å². The molecule has 0 saturated heterocycles. The second kappa shape index (κ2) is 5.52. The van der Waals surface area contributed by atoms with E-state index in [9.17, 15) is 0 Å². The molecule has 2 heterocycles. The molecular weight excluding hydrogens is 230 g/mol. The Labute approximate surface area is 107 Å². The summed E-state index contributed by atoms with van der Waals surface area (Å²) in [5, 5.41) is 7.87. The van der Waals surface area contributed by atoms with Crippen molar-refractivity contribution in [1.82, 2.24) is 5.32 Å². The first-order valence-corrected chi connectivity index (χ1v) is 6.92. The second-order valence-electron chi connectivity index (χ2n) is 4.43. The Kier molecular flexibility index (Phi) is 4.02. The van der Waals surface area contributed by atoms with Gasteiger partial charge in [-0.25, -0.2) is 0 Å². The van der Waals surface area contributed by atoms with Crippen LogP contribution in [-0.4, -0.2) is 6.54 Å². The van der Waals surface area contributed by atoms with Gasteiger partial charge in [-0.3, -0.25) is 0 Å². The van der Waals surface area contributed by atoms with Gasteiger partial charge in [0.05, 0.1) is 0 Å². The minimum absolute atomic E-state index is 0.353. The number of hydrogen-bond donors (Lipinski definition) is 1. The number of rotatable bonds is 5. The molecule has 0 saturated carbocycles. The number of aryl methyl sites for hydroxylation is 2. The van der Waals surface area contributed by atoms with E-state index in [2.05, 4.69) is 35.1 Å². The van der Waals surface area contributed by atoms with Gasteiger partial charge in [-0.1, -0.05) is 0 Å². The molecule has 3 heteroatoms. The number of hydrogen-bond acceptors (Lipinski definition) is 3. The number of thiophene rings is 1. The molecule has 92 valence electrons. The minimum atomic E-state index is 0.353. The van der Waals surface area contributed by atoms with E-state index in [1.165, 1.54) is 11.1 Å². The molecule has 1 unspecified atom stereocenters. The van der Waals surface area contributed by atoms with Crippen molar-refractivity contribution in [3.8, 4) is 0 Å². The van der Waals surface area contributed by atoms with Gasteiger partial charge in [-0.15, -0.1) is 0 Å². The van der Waals surface area contributed by atoms with Gasteiger partial charge in [0.1, 0.15) is 11.5 Å². The van der Waals surface area contributed by atoms with Crippen molar-refractivity contribution >= 4 is 11.3 Å². The summed E-state index contributed by atoms with van der Waals surface area (Å²) in [4.78, 5) is 0. The molecule has 2 aromatic rings. The third-order valence-corrected chi connectivity index (χ3v) is 3.72. The molecule has 0 aliphatic carbocycles. The maximum Gasteiger partial charge on any atom is 0.105 e. The van der Waals surface area contributed by atoms with Crippen LogP contribution in [0.5, 0.6) is 0 Å². The highest BCUT2D eigenvalue weighted by molar-refractivity contribution is 7.07. The van der Waals surface area contributed by atoms with Crippen molar-refractivity contribution in [1.29, 1.82) is 0 Å². The van der Waals surface area contributed by atoms with E-state index in [1.807, 2.05) is 13.8 Å². The predicted molar refractivity (Wildman–Crippen MR) is 72.6 cm³/mol. The molecular formula is C14H19NOS. The maximum atomic E-state index is 5.55. The molecule has 1 N–H and O–H groups in total. The van der Waals surface area contributed by atoms with E-state index in [-0.39, 0.29) is 0 Å². The van der Waals surface area contributed by atoms with Crippen molar-refractivity contribution in [2.45, 2.75) is 33.2 Å². The predicted octanol–water partition coefficient (Wildman–Crippen LogP) is 3.85. The van der Waals surface area contributed by atoms with Crippen LogP contribution in [0.3, 0.4) is 0 Å². The molecule has 0 aliphatic heterocycles. The molecule has 1 atom stereocenters. The summed E-state index contributed by atoms with van der Waals surface area (Å²) in [6.45, 7) is 7.21. The first-order valence-electron chi connectivity index (χ1n) is 5.98. The van der Waals surface area contributed by atoms with Gasteiger partial charge in [0.2, 0.25) is 0 Å². The van der Waals surface area contributed by atoms with Gasteiger partial charge >= 0.3 is 0 Å². The lowest BCUT2D eigenvalue weighted by atomic mass is 10.1. The van der Waals surface area contributed by atoms with Crippen molar-refractivity contribution in [3.63, 3.8) is 0 Å². The smallest absolute Gasteiger partial charge is 0.105 e. The average molecular weight is 249 g/mol. The number of furan rings is 1. The molecule has 0 bridgehead atoms. The largest absolute Gasteiger partial charge is 0.466 e. The van der Waals surface area contributed by atoms with E-state index in [0.29, 0.717) is 6.04 Å². The summed E-state index contributed by atoms with van der Waals surface area (Å²) in [6.07, 6.45) is 1.09. The number of nitrogens with one attached hydrogen (secondary N) is 1. The van der Waals surface area contributed by atoms with Crippen molar-refractivity contribution in [3.05, 3.63) is 45.5 Å². The molecule has 0 aliphatic rings. The summed E-state index contributed by atoms with van der Waals surface area (Å²) in [5.74, 6) is 2.02. The van der Waals surface area contributed by atoms with Crippen LogP contribution in [-0.2, 0) is 6.42 Å². The third kappa shape index (κ3) is 3.20. The standard InChI is InChI=1S/C14H19NOS/c1-10-8-14(12(3)16-10)11(2)15-6-4-13-5-7-17-9-13/h5,7-9,11,15H,4,6H2,1-3H3. The zero-order valence-electron chi connectivity index (χ0n) is 10.6. The summed E-state index contributed by atoms with van der Waals surface area (Å²) in [5.41, 5.74) is 2.68. The molecule has 0 spiro atoms. The lowest BCUT2D eigenvalue weighted by Crippen LogP contribution is -2.21. The van der Waals surface area contributed by atoms with Gasteiger partial charge < -0.3 is 9.73 Å². The van der Waals surface area contributed by atoms with Crippen LogP contribution in [0.25, 0.3) is 0 Å². The van der Waals surface area contributed by atoms with Crippen LogP contribution in [0.4, 0.5) is 0 Å². The van der Waals surface area contributed by atoms with Gasteiger partial charge in [-0.2, -0.15) is 11.3 Å². The van der Waals surface area contributed by atoms with Crippen LogP contribution in [0.15, 0.2) is 27.3 Å². The summed E-state index contributed by atoms with van der Waals surface area (Å²) in [7, 11) is 0. The lowest BCUT2D eigenvalue weighted by molar-refractivity contribution is 0.490. The highest BCUT2D eigenvalue weighted by atomic mass is 32.1. The lowest BCUT2D eigenvalue weighted by Gasteiger charge is -2.12. The highest BCUT2D eigenvalue weighted by Gasteiger charge is 2.11. The van der Waals surface area contributed by atoms with E-state index in [4.69, 9.17) is 4.42 Å². The zero-order valence-corrected chi connectivity index (χ0v) is 11.4. The molecule has 2 nitrogen and oxygen atoms in total. The Bertz CT molecular complexity index is 459. The topological polar surface area (TPSA) is 25.2 Å². The molecule has 0 fully saturated rings. The SMILES string of the molecule is Cc1cc(C(C)NCCc2ccsc2)c(C)o1. The summed E-state index contributed by atoms with van der Waals surface area (Å²) < 4.78 is 5.55. The summed E-state index contributed by atoms with van der Waals surface area (Å²) >= 11 is 1.76. The van der Waals surface area contributed by atoms with Crippen molar-refractivity contribution < 1.29 is 4.42 Å². The van der Waals surface area contributed by atoms with Gasteiger partial charge in [0.25, 0.3) is 0 Å². The molecule has 0 amide bonds. The molecule has 17 heavy (non-hydrogen) atoms. The van der Waals surface area contributed by atoms with E-state index in [1.54, 1.807) is 11.3 Å². The monoisotopic (exact) mass is 249 g/mol. The molecule has 2 rings (SSSR count). The van der Waals surface area contributed by atoms with Crippen molar-refractivity contribution in [2.24, 2.45) is 0 Å². The Hall–Kier alpha value is -1.06. The van der Waals surface area contributed by atoms with Gasteiger partial charge in [-0.05, 0) is 62.2 Å². The fraction of sp³-hybridized carbons (Fsp3) is 0.429. The highest BCUT2D eigenvalue weighted by Crippen LogP contribution is 2.21. The van der Waals surface area contributed by atoms with Gasteiger partial charge in [0, 0.05) is 11.6 Å². The van der Waals surface area contributed by atoms with E-state index in [0.717, 1.165) is 24.5 Å². The summed E-state index contributed by atoms with van der Waals surface area (Å²) in [6, 6.07) is 4.66. The minimum Gasteiger partial charge on any atom is -0.466 e.